The molecule has 0 aliphatic carbocycles. The fourth-order valence-corrected chi connectivity index (χ4v) is 3.85. The number of rotatable bonds is 12. The number of nitrogens with zero attached hydrogens (tertiary/aromatic N) is 3. The van der Waals surface area contributed by atoms with Crippen LogP contribution in [0.4, 0.5) is 0 Å². The van der Waals surface area contributed by atoms with Crippen LogP contribution in [0.3, 0.4) is 0 Å². The van der Waals surface area contributed by atoms with E-state index in [2.05, 4.69) is 53.3 Å². The molecule has 31 heavy (non-hydrogen) atoms. The number of hydrogen-bond donors (Lipinski definition) is 2. The van der Waals surface area contributed by atoms with Gasteiger partial charge < -0.3 is 25.0 Å². The van der Waals surface area contributed by atoms with Crippen LogP contribution in [-0.2, 0) is 6.42 Å². The zero-order chi connectivity index (χ0) is 22.5. The highest BCUT2D eigenvalue weighted by molar-refractivity contribution is 5.79. The van der Waals surface area contributed by atoms with Crippen LogP contribution < -0.4 is 20.1 Å². The summed E-state index contributed by atoms with van der Waals surface area (Å²) < 4.78 is 11.1. The zero-order valence-electron chi connectivity index (χ0n) is 20.2. The van der Waals surface area contributed by atoms with Gasteiger partial charge in [0.1, 0.15) is 0 Å². The molecule has 1 aromatic carbocycles. The standard InChI is InChI=1S/C24H43N5O2/c1-6-25-24(27-19-20(4)29-16-14-28(7-2)15-17-29)26-13-9-10-21-11-12-22(30-5)23(18-21)31-8-3/h11-12,18,20H,6-10,13-17,19H2,1-5H3,(H2,25,26,27). The van der Waals surface area contributed by atoms with Crippen molar-refractivity contribution in [2.75, 3.05) is 66.1 Å². The molecule has 0 aromatic heterocycles. The van der Waals surface area contributed by atoms with Crippen LogP contribution in [0, 0.1) is 0 Å². The number of guanidine groups is 1. The van der Waals surface area contributed by atoms with Crippen molar-refractivity contribution in [1.29, 1.82) is 0 Å². The number of aliphatic imine (C=N–C) groups is 1. The first-order chi connectivity index (χ1) is 15.1. The van der Waals surface area contributed by atoms with E-state index in [-0.39, 0.29) is 0 Å². The van der Waals surface area contributed by atoms with Crippen LogP contribution in [-0.4, -0.2) is 87.9 Å². The maximum absolute atomic E-state index is 5.69. The predicted octanol–water partition coefficient (Wildman–Crippen LogP) is 2.61. The van der Waals surface area contributed by atoms with Gasteiger partial charge in [-0.1, -0.05) is 13.0 Å². The van der Waals surface area contributed by atoms with E-state index in [1.807, 2.05) is 13.0 Å². The third-order valence-corrected chi connectivity index (χ3v) is 5.80. The number of ether oxygens (including phenoxy) is 2. The molecular weight excluding hydrogens is 390 g/mol. The molecule has 1 aliphatic heterocycles. The molecular formula is C24H43N5O2. The maximum Gasteiger partial charge on any atom is 0.191 e. The van der Waals surface area contributed by atoms with Crippen molar-refractivity contribution in [2.24, 2.45) is 4.99 Å². The van der Waals surface area contributed by atoms with Gasteiger partial charge in [-0.3, -0.25) is 9.89 Å². The summed E-state index contributed by atoms with van der Waals surface area (Å²) in [5.41, 5.74) is 1.26. The minimum absolute atomic E-state index is 0.464. The number of likely N-dealkylation sites (N-methyl/N-ethyl adjacent to an activating group) is 1. The molecule has 7 nitrogen and oxygen atoms in total. The molecule has 1 heterocycles. The summed E-state index contributed by atoms with van der Waals surface area (Å²) in [6.07, 6.45) is 2.01. The first-order valence-corrected chi connectivity index (χ1v) is 11.9. The Morgan fingerprint density at radius 1 is 1.10 bits per heavy atom. The van der Waals surface area contributed by atoms with E-state index in [4.69, 9.17) is 14.5 Å². The largest absolute Gasteiger partial charge is 0.493 e. The van der Waals surface area contributed by atoms with Crippen molar-refractivity contribution in [3.8, 4) is 11.5 Å². The molecule has 1 unspecified atom stereocenters. The lowest BCUT2D eigenvalue weighted by Gasteiger charge is -2.37. The Kier molecular flexibility index (Phi) is 11.5. The molecule has 1 aromatic rings. The second-order valence-electron chi connectivity index (χ2n) is 7.99. The van der Waals surface area contributed by atoms with Gasteiger partial charge >= 0.3 is 0 Å². The van der Waals surface area contributed by atoms with E-state index in [9.17, 15) is 0 Å². The number of piperazine rings is 1. The van der Waals surface area contributed by atoms with E-state index < -0.39 is 0 Å². The smallest absolute Gasteiger partial charge is 0.191 e. The van der Waals surface area contributed by atoms with Gasteiger partial charge in [-0.05, 0) is 57.9 Å². The van der Waals surface area contributed by atoms with Gasteiger partial charge in [-0.2, -0.15) is 0 Å². The van der Waals surface area contributed by atoms with E-state index >= 15 is 0 Å². The van der Waals surface area contributed by atoms with Gasteiger partial charge in [0.15, 0.2) is 17.5 Å². The number of nitrogens with one attached hydrogen (secondary N) is 2. The molecule has 0 spiro atoms. The van der Waals surface area contributed by atoms with Gasteiger partial charge in [0.2, 0.25) is 0 Å². The lowest BCUT2D eigenvalue weighted by atomic mass is 10.1. The van der Waals surface area contributed by atoms with Gasteiger partial charge in [0, 0.05) is 45.3 Å². The summed E-state index contributed by atoms with van der Waals surface area (Å²) in [6, 6.07) is 6.65. The fourth-order valence-electron chi connectivity index (χ4n) is 3.85. The average molecular weight is 434 g/mol. The summed E-state index contributed by atoms with van der Waals surface area (Å²) >= 11 is 0. The van der Waals surface area contributed by atoms with E-state index in [1.165, 1.54) is 18.7 Å². The topological polar surface area (TPSA) is 61.4 Å². The molecule has 0 saturated carbocycles. The second kappa shape index (κ2) is 14.1. The molecule has 176 valence electrons. The summed E-state index contributed by atoms with van der Waals surface area (Å²) in [5, 5.41) is 6.86. The normalized spacial score (nSPS) is 16.7. The summed E-state index contributed by atoms with van der Waals surface area (Å²) in [6.45, 7) is 17.6. The Labute approximate surface area is 189 Å². The van der Waals surface area contributed by atoms with Gasteiger partial charge in [0.25, 0.3) is 0 Å². The van der Waals surface area contributed by atoms with Gasteiger partial charge in [-0.25, -0.2) is 0 Å². The van der Waals surface area contributed by atoms with E-state index in [1.54, 1.807) is 7.11 Å². The summed E-state index contributed by atoms with van der Waals surface area (Å²) in [4.78, 5) is 9.90. The van der Waals surface area contributed by atoms with Crippen LogP contribution in [0.25, 0.3) is 0 Å². The quantitative estimate of drug-likeness (QED) is 0.300. The van der Waals surface area contributed by atoms with Gasteiger partial charge in [-0.15, -0.1) is 0 Å². The van der Waals surface area contributed by atoms with Crippen molar-refractivity contribution in [3.63, 3.8) is 0 Å². The van der Waals surface area contributed by atoms with Crippen molar-refractivity contribution >= 4 is 5.96 Å². The zero-order valence-corrected chi connectivity index (χ0v) is 20.2. The molecule has 1 fully saturated rings. The van der Waals surface area contributed by atoms with E-state index in [0.29, 0.717) is 12.6 Å². The van der Waals surface area contributed by atoms with Crippen LogP contribution in [0.5, 0.6) is 11.5 Å². The SMILES string of the molecule is CCNC(=NCC(C)N1CCN(CC)CC1)NCCCc1ccc(OC)c(OCC)c1. The second-order valence-corrected chi connectivity index (χ2v) is 7.99. The molecule has 7 heteroatoms. The molecule has 0 radical (unpaired) electrons. The Morgan fingerprint density at radius 3 is 2.52 bits per heavy atom. The number of methoxy groups -OCH3 is 1. The summed E-state index contributed by atoms with van der Waals surface area (Å²) in [5.74, 6) is 2.51. The van der Waals surface area contributed by atoms with Crippen molar-refractivity contribution in [1.82, 2.24) is 20.4 Å². The highest BCUT2D eigenvalue weighted by Crippen LogP contribution is 2.28. The third-order valence-electron chi connectivity index (χ3n) is 5.80. The number of aryl methyl sites for hydroxylation is 1. The van der Waals surface area contributed by atoms with Crippen LogP contribution in [0.2, 0.25) is 0 Å². The lowest BCUT2D eigenvalue weighted by molar-refractivity contribution is 0.109. The number of benzene rings is 1. The molecule has 1 atom stereocenters. The number of hydrogen-bond acceptors (Lipinski definition) is 5. The molecule has 1 aliphatic rings. The summed E-state index contributed by atoms with van der Waals surface area (Å²) in [7, 11) is 1.68. The highest BCUT2D eigenvalue weighted by Gasteiger charge is 2.19. The van der Waals surface area contributed by atoms with Gasteiger partial charge in [0.05, 0.1) is 20.3 Å². The minimum Gasteiger partial charge on any atom is -0.493 e. The molecule has 2 N–H and O–H groups in total. The Bertz CT molecular complexity index is 659. The van der Waals surface area contributed by atoms with Crippen molar-refractivity contribution in [3.05, 3.63) is 23.8 Å². The van der Waals surface area contributed by atoms with E-state index in [0.717, 1.165) is 69.6 Å². The van der Waals surface area contributed by atoms with Crippen molar-refractivity contribution < 1.29 is 9.47 Å². The Hall–Kier alpha value is -1.99. The first-order valence-electron chi connectivity index (χ1n) is 11.9. The molecule has 0 bridgehead atoms. The minimum atomic E-state index is 0.464. The Balaban J connectivity index is 1.78. The van der Waals surface area contributed by atoms with Crippen LogP contribution >= 0.6 is 0 Å². The first kappa shape index (κ1) is 25.3. The maximum atomic E-state index is 5.69. The van der Waals surface area contributed by atoms with Crippen LogP contribution in [0.15, 0.2) is 23.2 Å². The highest BCUT2D eigenvalue weighted by atomic mass is 16.5. The monoisotopic (exact) mass is 433 g/mol. The van der Waals surface area contributed by atoms with Crippen LogP contribution in [0.1, 0.15) is 39.7 Å². The third kappa shape index (κ3) is 8.57. The fraction of sp³-hybridized carbons (Fsp3) is 0.708. The average Bonchev–Trinajstić information content (AvgIpc) is 2.80. The molecule has 0 amide bonds. The predicted molar refractivity (Wildman–Crippen MR) is 130 cm³/mol. The van der Waals surface area contributed by atoms with Crippen molar-refractivity contribution in [2.45, 2.75) is 46.6 Å². The molecule has 1 saturated heterocycles. The molecule has 2 rings (SSSR count). The Morgan fingerprint density at radius 2 is 1.87 bits per heavy atom. The lowest BCUT2D eigenvalue weighted by Crippen LogP contribution is -2.50.